The standard InChI is InChI=1S/C18H19FN4S/c1-13(15-9-16(19)11-21-10-15)22-6-2-3-18-23-17(12-24-18)14-4-7-20-8-5-14/h4-5,7-13,22H,2-3,6H2,1H3/t13-/m1/s1. The minimum Gasteiger partial charge on any atom is -0.310 e. The van der Waals surface area contributed by atoms with Crippen LogP contribution in [-0.2, 0) is 6.42 Å². The lowest BCUT2D eigenvalue weighted by atomic mass is 10.1. The molecule has 0 bridgehead atoms. The van der Waals surface area contributed by atoms with Crippen molar-refractivity contribution >= 4 is 11.3 Å². The molecule has 0 saturated carbocycles. The van der Waals surface area contributed by atoms with E-state index in [0.717, 1.165) is 41.2 Å². The highest BCUT2D eigenvalue weighted by Crippen LogP contribution is 2.21. The van der Waals surface area contributed by atoms with Gasteiger partial charge < -0.3 is 5.32 Å². The van der Waals surface area contributed by atoms with E-state index in [9.17, 15) is 4.39 Å². The molecule has 0 aliphatic heterocycles. The first-order valence-electron chi connectivity index (χ1n) is 7.91. The fourth-order valence-electron chi connectivity index (χ4n) is 2.42. The van der Waals surface area contributed by atoms with Crippen LogP contribution in [0.25, 0.3) is 11.3 Å². The minimum absolute atomic E-state index is 0.0804. The van der Waals surface area contributed by atoms with Crippen molar-refractivity contribution in [3.8, 4) is 11.3 Å². The van der Waals surface area contributed by atoms with Gasteiger partial charge in [0.2, 0.25) is 0 Å². The number of aryl methyl sites for hydroxylation is 1. The summed E-state index contributed by atoms with van der Waals surface area (Å²) in [6.45, 7) is 2.86. The zero-order chi connectivity index (χ0) is 16.8. The van der Waals surface area contributed by atoms with Crippen LogP contribution < -0.4 is 5.32 Å². The molecule has 0 amide bonds. The third-order valence-electron chi connectivity index (χ3n) is 3.77. The summed E-state index contributed by atoms with van der Waals surface area (Å²) in [5, 5.41) is 6.61. The van der Waals surface area contributed by atoms with Crippen LogP contribution in [0.1, 0.15) is 30.0 Å². The summed E-state index contributed by atoms with van der Waals surface area (Å²) in [6.07, 6.45) is 8.39. The van der Waals surface area contributed by atoms with E-state index in [1.807, 2.05) is 19.1 Å². The number of thiazole rings is 1. The molecule has 0 aliphatic rings. The SMILES string of the molecule is C[C@@H](NCCCc1nc(-c2ccncc2)cs1)c1cncc(F)c1. The molecule has 0 aliphatic carbocycles. The summed E-state index contributed by atoms with van der Waals surface area (Å²) in [5.74, 6) is -0.299. The predicted molar refractivity (Wildman–Crippen MR) is 94.3 cm³/mol. The third kappa shape index (κ3) is 4.43. The molecule has 4 nitrogen and oxygen atoms in total. The van der Waals surface area contributed by atoms with Gasteiger partial charge in [-0.25, -0.2) is 9.37 Å². The number of nitrogens with one attached hydrogen (secondary N) is 1. The monoisotopic (exact) mass is 342 g/mol. The van der Waals surface area contributed by atoms with Gasteiger partial charge in [0.05, 0.1) is 16.9 Å². The molecule has 3 heterocycles. The zero-order valence-electron chi connectivity index (χ0n) is 13.4. The van der Waals surface area contributed by atoms with Crippen molar-refractivity contribution < 1.29 is 4.39 Å². The largest absolute Gasteiger partial charge is 0.310 e. The first-order valence-corrected chi connectivity index (χ1v) is 8.79. The summed E-state index contributed by atoms with van der Waals surface area (Å²) in [6, 6.07) is 5.54. The number of halogens is 1. The first-order chi connectivity index (χ1) is 11.7. The van der Waals surface area contributed by atoms with Crippen LogP contribution in [0.5, 0.6) is 0 Å². The molecule has 3 aromatic rings. The summed E-state index contributed by atoms with van der Waals surface area (Å²) in [5.41, 5.74) is 2.96. The van der Waals surface area contributed by atoms with E-state index in [4.69, 9.17) is 0 Å². The molecule has 3 aromatic heterocycles. The summed E-state index contributed by atoms with van der Waals surface area (Å²) >= 11 is 1.68. The van der Waals surface area contributed by atoms with Crippen molar-refractivity contribution in [3.05, 3.63) is 64.8 Å². The highest BCUT2D eigenvalue weighted by Gasteiger charge is 2.07. The molecule has 0 aromatic carbocycles. The maximum atomic E-state index is 13.2. The molecule has 0 unspecified atom stereocenters. The lowest BCUT2D eigenvalue weighted by molar-refractivity contribution is 0.548. The van der Waals surface area contributed by atoms with Gasteiger partial charge in [0, 0.05) is 42.0 Å². The van der Waals surface area contributed by atoms with Crippen molar-refractivity contribution in [2.75, 3.05) is 6.54 Å². The quantitative estimate of drug-likeness (QED) is 0.659. The van der Waals surface area contributed by atoms with Crippen LogP contribution in [0.15, 0.2) is 48.4 Å². The number of pyridine rings is 2. The molecule has 0 saturated heterocycles. The normalized spacial score (nSPS) is 12.2. The number of rotatable bonds is 7. The Bertz CT molecular complexity index is 775. The first kappa shape index (κ1) is 16.7. The average molecular weight is 342 g/mol. The van der Waals surface area contributed by atoms with E-state index in [0.29, 0.717) is 0 Å². The Morgan fingerprint density at radius 2 is 2.04 bits per heavy atom. The second kappa shape index (κ2) is 8.08. The van der Waals surface area contributed by atoms with Crippen LogP contribution >= 0.6 is 11.3 Å². The van der Waals surface area contributed by atoms with Crippen molar-refractivity contribution in [1.82, 2.24) is 20.3 Å². The summed E-state index contributed by atoms with van der Waals surface area (Å²) < 4.78 is 13.2. The van der Waals surface area contributed by atoms with E-state index in [2.05, 4.69) is 25.6 Å². The van der Waals surface area contributed by atoms with Crippen LogP contribution in [0.3, 0.4) is 0 Å². The van der Waals surface area contributed by atoms with Crippen LogP contribution in [0, 0.1) is 5.82 Å². The average Bonchev–Trinajstić information content (AvgIpc) is 3.08. The molecule has 0 fully saturated rings. The van der Waals surface area contributed by atoms with Gasteiger partial charge in [-0.2, -0.15) is 0 Å². The van der Waals surface area contributed by atoms with Gasteiger partial charge >= 0.3 is 0 Å². The predicted octanol–water partition coefficient (Wildman–Crippen LogP) is 4.02. The Morgan fingerprint density at radius 3 is 2.83 bits per heavy atom. The fraction of sp³-hybridized carbons (Fsp3) is 0.278. The molecule has 1 atom stereocenters. The number of aromatic nitrogens is 3. The van der Waals surface area contributed by atoms with Gasteiger partial charge in [-0.1, -0.05) is 0 Å². The summed E-state index contributed by atoms with van der Waals surface area (Å²) in [7, 11) is 0. The fourth-order valence-corrected chi connectivity index (χ4v) is 3.27. The Morgan fingerprint density at radius 1 is 1.21 bits per heavy atom. The molecule has 124 valence electrons. The molecule has 6 heteroatoms. The Balaban J connectivity index is 1.46. The Kier molecular flexibility index (Phi) is 5.61. The number of hydrogen-bond donors (Lipinski definition) is 1. The topological polar surface area (TPSA) is 50.7 Å². The van der Waals surface area contributed by atoms with E-state index in [1.165, 1.54) is 12.3 Å². The van der Waals surface area contributed by atoms with E-state index >= 15 is 0 Å². The highest BCUT2D eigenvalue weighted by molar-refractivity contribution is 7.09. The molecular weight excluding hydrogens is 323 g/mol. The van der Waals surface area contributed by atoms with E-state index in [-0.39, 0.29) is 11.9 Å². The molecule has 0 spiro atoms. The van der Waals surface area contributed by atoms with Crippen molar-refractivity contribution in [3.63, 3.8) is 0 Å². The second-order valence-electron chi connectivity index (χ2n) is 5.58. The van der Waals surface area contributed by atoms with E-state index < -0.39 is 0 Å². The van der Waals surface area contributed by atoms with Gasteiger partial charge in [-0.3, -0.25) is 9.97 Å². The molecular formula is C18H19FN4S. The second-order valence-corrected chi connectivity index (χ2v) is 6.52. The van der Waals surface area contributed by atoms with Crippen LogP contribution in [0.4, 0.5) is 4.39 Å². The maximum absolute atomic E-state index is 13.2. The van der Waals surface area contributed by atoms with Crippen molar-refractivity contribution in [2.45, 2.75) is 25.8 Å². The molecule has 3 rings (SSSR count). The number of hydrogen-bond acceptors (Lipinski definition) is 5. The summed E-state index contributed by atoms with van der Waals surface area (Å²) in [4.78, 5) is 12.6. The maximum Gasteiger partial charge on any atom is 0.141 e. The van der Waals surface area contributed by atoms with E-state index in [1.54, 1.807) is 29.9 Å². The number of nitrogens with zero attached hydrogens (tertiary/aromatic N) is 3. The van der Waals surface area contributed by atoms with Gasteiger partial charge in [0.25, 0.3) is 0 Å². The van der Waals surface area contributed by atoms with Gasteiger partial charge in [-0.05, 0) is 43.7 Å². The lowest BCUT2D eigenvalue weighted by Crippen LogP contribution is -2.20. The zero-order valence-corrected chi connectivity index (χ0v) is 14.3. The van der Waals surface area contributed by atoms with Gasteiger partial charge in [0.15, 0.2) is 0 Å². The molecule has 24 heavy (non-hydrogen) atoms. The van der Waals surface area contributed by atoms with Crippen molar-refractivity contribution in [1.29, 1.82) is 0 Å². The Labute approximate surface area is 144 Å². The van der Waals surface area contributed by atoms with Gasteiger partial charge in [0.1, 0.15) is 5.82 Å². The lowest BCUT2D eigenvalue weighted by Gasteiger charge is -2.13. The van der Waals surface area contributed by atoms with Crippen LogP contribution in [0.2, 0.25) is 0 Å². The smallest absolute Gasteiger partial charge is 0.141 e. The van der Waals surface area contributed by atoms with Gasteiger partial charge in [-0.15, -0.1) is 11.3 Å². The van der Waals surface area contributed by atoms with Crippen LogP contribution in [-0.4, -0.2) is 21.5 Å². The highest BCUT2D eigenvalue weighted by atomic mass is 32.1. The van der Waals surface area contributed by atoms with Crippen molar-refractivity contribution in [2.24, 2.45) is 0 Å². The molecule has 1 N–H and O–H groups in total. The Hall–Kier alpha value is -2.18. The molecule has 0 radical (unpaired) electrons. The third-order valence-corrected chi connectivity index (χ3v) is 4.68. The minimum atomic E-state index is -0.299.